The van der Waals surface area contributed by atoms with E-state index in [1.807, 2.05) is 13.0 Å². The van der Waals surface area contributed by atoms with Crippen LogP contribution in [0.15, 0.2) is 40.9 Å². The lowest BCUT2D eigenvalue weighted by Gasteiger charge is -2.16. The molecule has 1 unspecified atom stereocenters. The van der Waals surface area contributed by atoms with Gasteiger partial charge in [0.25, 0.3) is 0 Å². The first-order valence-electron chi connectivity index (χ1n) is 5.64. The van der Waals surface area contributed by atoms with Gasteiger partial charge in [0.05, 0.1) is 14.5 Å². The fourth-order valence-electron chi connectivity index (χ4n) is 1.70. The third kappa shape index (κ3) is 3.62. The van der Waals surface area contributed by atoms with Gasteiger partial charge in [-0.3, -0.25) is 0 Å². The summed E-state index contributed by atoms with van der Waals surface area (Å²) in [5.74, 6) is -0.273. The molecule has 0 aliphatic heterocycles. The molecule has 19 heavy (non-hydrogen) atoms. The number of hydrogen-bond donors (Lipinski definition) is 1. The van der Waals surface area contributed by atoms with E-state index in [9.17, 15) is 4.39 Å². The van der Waals surface area contributed by atoms with Gasteiger partial charge in [-0.15, -0.1) is 0 Å². The van der Waals surface area contributed by atoms with Crippen molar-refractivity contribution in [3.8, 4) is 0 Å². The lowest BCUT2D eigenvalue weighted by Crippen LogP contribution is -2.06. The van der Waals surface area contributed by atoms with Crippen molar-refractivity contribution in [2.24, 2.45) is 0 Å². The summed E-state index contributed by atoms with van der Waals surface area (Å²) in [5, 5.41) is 4.30. The maximum absolute atomic E-state index is 13.2. The topological polar surface area (TPSA) is 12.0 Å². The lowest BCUT2D eigenvalue weighted by molar-refractivity contribution is 0.619. The summed E-state index contributed by atoms with van der Waals surface area (Å²) in [5.41, 5.74) is 1.83. The molecule has 2 aromatic rings. The molecule has 0 aliphatic carbocycles. The summed E-state index contributed by atoms with van der Waals surface area (Å²) in [6.45, 7) is 1.99. The first-order chi connectivity index (χ1) is 8.97. The van der Waals surface area contributed by atoms with Crippen LogP contribution in [0.4, 0.5) is 10.1 Å². The van der Waals surface area contributed by atoms with Gasteiger partial charge in [-0.25, -0.2) is 4.39 Å². The van der Waals surface area contributed by atoms with Crippen molar-refractivity contribution in [3.05, 3.63) is 62.3 Å². The van der Waals surface area contributed by atoms with Gasteiger partial charge >= 0.3 is 0 Å². The van der Waals surface area contributed by atoms with Gasteiger partial charge in [0.1, 0.15) is 5.82 Å². The molecule has 0 bridgehead atoms. The number of benzene rings is 2. The van der Waals surface area contributed by atoms with Crippen LogP contribution < -0.4 is 5.32 Å². The molecule has 1 nitrogen and oxygen atoms in total. The third-order valence-electron chi connectivity index (χ3n) is 2.75. The zero-order valence-electron chi connectivity index (χ0n) is 10.1. The van der Waals surface area contributed by atoms with Crippen molar-refractivity contribution in [1.82, 2.24) is 0 Å². The van der Waals surface area contributed by atoms with E-state index in [-0.39, 0.29) is 11.9 Å². The van der Waals surface area contributed by atoms with E-state index in [1.165, 1.54) is 6.07 Å². The number of halogens is 4. The Morgan fingerprint density at radius 1 is 1.11 bits per heavy atom. The molecule has 0 aromatic heterocycles. The first kappa shape index (κ1) is 14.6. The molecule has 0 spiro atoms. The number of nitrogens with one attached hydrogen (secondary N) is 1. The van der Waals surface area contributed by atoms with E-state index in [0.717, 1.165) is 11.3 Å². The van der Waals surface area contributed by atoms with E-state index in [4.69, 9.17) is 23.2 Å². The van der Waals surface area contributed by atoms with E-state index in [0.29, 0.717) is 14.5 Å². The zero-order valence-corrected chi connectivity index (χ0v) is 13.2. The smallest absolute Gasteiger partial charge is 0.137 e. The Labute approximate surface area is 129 Å². The first-order valence-corrected chi connectivity index (χ1v) is 7.19. The second kappa shape index (κ2) is 6.12. The normalized spacial score (nSPS) is 12.3. The number of rotatable bonds is 3. The fraction of sp³-hybridized carbons (Fsp3) is 0.143. The molecule has 0 fully saturated rings. The van der Waals surface area contributed by atoms with Crippen LogP contribution in [-0.2, 0) is 0 Å². The summed E-state index contributed by atoms with van der Waals surface area (Å²) >= 11 is 15.0. The Morgan fingerprint density at radius 2 is 1.84 bits per heavy atom. The van der Waals surface area contributed by atoms with Crippen LogP contribution in [0.5, 0.6) is 0 Å². The van der Waals surface area contributed by atoms with Crippen molar-refractivity contribution < 1.29 is 4.39 Å². The summed E-state index contributed by atoms with van der Waals surface area (Å²) in [7, 11) is 0. The van der Waals surface area contributed by atoms with Gasteiger partial charge in [-0.05, 0) is 58.7 Å². The van der Waals surface area contributed by atoms with Crippen LogP contribution in [-0.4, -0.2) is 0 Å². The van der Waals surface area contributed by atoms with Gasteiger partial charge in [-0.2, -0.15) is 0 Å². The number of hydrogen-bond acceptors (Lipinski definition) is 1. The minimum Gasteiger partial charge on any atom is -0.378 e. The standard InChI is InChI=1S/C14H11BrCl2FN/c1-8(9-2-5-14(18)11(15)6-9)19-10-3-4-12(16)13(17)7-10/h2-8,19H,1H3. The molecule has 1 N–H and O–H groups in total. The average molecular weight is 363 g/mol. The summed E-state index contributed by atoms with van der Waals surface area (Å²) in [6.07, 6.45) is 0. The van der Waals surface area contributed by atoms with Crippen molar-refractivity contribution in [2.45, 2.75) is 13.0 Å². The Hall–Kier alpha value is -0.770. The molecular weight excluding hydrogens is 352 g/mol. The Bertz CT molecular complexity index is 604. The van der Waals surface area contributed by atoms with Crippen LogP contribution in [0.1, 0.15) is 18.5 Å². The van der Waals surface area contributed by atoms with E-state index >= 15 is 0 Å². The second-order valence-corrected chi connectivity index (χ2v) is 5.84. The largest absolute Gasteiger partial charge is 0.378 e. The van der Waals surface area contributed by atoms with Gasteiger partial charge in [-0.1, -0.05) is 29.3 Å². The van der Waals surface area contributed by atoms with Crippen molar-refractivity contribution in [1.29, 1.82) is 0 Å². The highest BCUT2D eigenvalue weighted by Gasteiger charge is 2.09. The minimum absolute atomic E-state index is 0.0224. The third-order valence-corrected chi connectivity index (χ3v) is 4.09. The van der Waals surface area contributed by atoms with Gasteiger partial charge in [0.15, 0.2) is 0 Å². The summed E-state index contributed by atoms with van der Waals surface area (Å²) in [6, 6.07) is 10.3. The maximum atomic E-state index is 13.2. The molecule has 0 saturated heterocycles. The van der Waals surface area contributed by atoms with Crippen LogP contribution in [0.2, 0.25) is 10.0 Å². The van der Waals surface area contributed by atoms with E-state index in [1.54, 1.807) is 24.3 Å². The zero-order chi connectivity index (χ0) is 14.0. The van der Waals surface area contributed by atoms with Crippen LogP contribution >= 0.6 is 39.1 Å². The maximum Gasteiger partial charge on any atom is 0.137 e. The molecule has 0 radical (unpaired) electrons. The molecule has 1 atom stereocenters. The molecule has 2 rings (SSSR count). The quantitative estimate of drug-likeness (QED) is 0.698. The molecule has 0 saturated carbocycles. The average Bonchev–Trinajstić information content (AvgIpc) is 2.37. The monoisotopic (exact) mass is 361 g/mol. The van der Waals surface area contributed by atoms with Crippen molar-refractivity contribution in [2.75, 3.05) is 5.32 Å². The predicted octanol–water partition coefficient (Wildman–Crippen LogP) is 6.07. The van der Waals surface area contributed by atoms with E-state index < -0.39 is 0 Å². The molecule has 2 aromatic carbocycles. The molecular formula is C14H11BrCl2FN. The lowest BCUT2D eigenvalue weighted by atomic mass is 10.1. The minimum atomic E-state index is -0.273. The molecule has 100 valence electrons. The van der Waals surface area contributed by atoms with Crippen LogP contribution in [0.25, 0.3) is 0 Å². The predicted molar refractivity (Wildman–Crippen MR) is 82.6 cm³/mol. The molecule has 0 amide bonds. The van der Waals surface area contributed by atoms with Gasteiger partial charge in [0, 0.05) is 11.7 Å². The van der Waals surface area contributed by atoms with Gasteiger partial charge in [0.2, 0.25) is 0 Å². The van der Waals surface area contributed by atoms with E-state index in [2.05, 4.69) is 21.2 Å². The highest BCUT2D eigenvalue weighted by atomic mass is 79.9. The highest BCUT2D eigenvalue weighted by molar-refractivity contribution is 9.10. The SMILES string of the molecule is CC(Nc1ccc(Cl)c(Cl)c1)c1ccc(F)c(Br)c1. The highest BCUT2D eigenvalue weighted by Crippen LogP contribution is 2.28. The summed E-state index contributed by atoms with van der Waals surface area (Å²) in [4.78, 5) is 0. The molecule has 0 aliphatic rings. The van der Waals surface area contributed by atoms with Crippen molar-refractivity contribution >= 4 is 44.8 Å². The fourth-order valence-corrected chi connectivity index (χ4v) is 2.40. The molecule has 0 heterocycles. The Balaban J connectivity index is 2.17. The second-order valence-electron chi connectivity index (χ2n) is 4.17. The molecule has 5 heteroatoms. The van der Waals surface area contributed by atoms with Crippen molar-refractivity contribution in [3.63, 3.8) is 0 Å². The summed E-state index contributed by atoms with van der Waals surface area (Å²) < 4.78 is 13.6. The number of anilines is 1. The Kier molecular flexibility index (Phi) is 4.71. The van der Waals surface area contributed by atoms with Gasteiger partial charge < -0.3 is 5.32 Å². The van der Waals surface area contributed by atoms with Crippen LogP contribution in [0, 0.1) is 5.82 Å². The van der Waals surface area contributed by atoms with Crippen LogP contribution in [0.3, 0.4) is 0 Å². The Morgan fingerprint density at radius 3 is 2.47 bits per heavy atom.